The minimum Gasteiger partial charge on any atom is -0.309 e. The highest BCUT2D eigenvalue weighted by molar-refractivity contribution is 6.09. The third-order valence-corrected chi connectivity index (χ3v) is 9.27. The highest BCUT2D eigenvalue weighted by atomic mass is 15.0. The smallest absolute Gasteiger partial charge is 0.160 e. The summed E-state index contributed by atoms with van der Waals surface area (Å²) in [5, 5.41) is 2.55. The molecule has 0 fully saturated rings. The zero-order chi connectivity index (χ0) is 32.6. The summed E-state index contributed by atoms with van der Waals surface area (Å²) in [6, 6.07) is 66.2. The second kappa shape index (κ2) is 12.2. The van der Waals surface area contributed by atoms with E-state index in [1.165, 1.54) is 38.5 Å². The van der Waals surface area contributed by atoms with Gasteiger partial charge < -0.3 is 4.57 Å². The van der Waals surface area contributed by atoms with E-state index in [4.69, 9.17) is 9.97 Å². The molecule has 2 aromatic heterocycles. The van der Waals surface area contributed by atoms with Crippen molar-refractivity contribution in [3.8, 4) is 61.8 Å². The van der Waals surface area contributed by atoms with Gasteiger partial charge in [0.25, 0.3) is 0 Å². The Kier molecular flexibility index (Phi) is 7.14. The molecule has 0 aliphatic carbocycles. The van der Waals surface area contributed by atoms with Gasteiger partial charge in [-0.25, -0.2) is 9.97 Å². The molecule has 0 unspecified atom stereocenters. The molecule has 2 heterocycles. The first-order chi connectivity index (χ1) is 24.3. The largest absolute Gasteiger partial charge is 0.309 e. The van der Waals surface area contributed by atoms with Crippen LogP contribution in [0.15, 0.2) is 188 Å². The van der Waals surface area contributed by atoms with Gasteiger partial charge in [-0.1, -0.05) is 158 Å². The summed E-state index contributed by atoms with van der Waals surface area (Å²) >= 11 is 0. The molecule has 3 nitrogen and oxygen atoms in total. The Balaban J connectivity index is 0.991. The molecule has 0 N–H and O–H groups in total. The fraction of sp³-hybridized carbons (Fsp3) is 0. The zero-order valence-electron chi connectivity index (χ0n) is 26.7. The molecule has 0 saturated heterocycles. The molecular formula is C46H31N3. The average molecular weight is 626 g/mol. The van der Waals surface area contributed by atoms with Crippen molar-refractivity contribution in [1.82, 2.24) is 14.5 Å². The van der Waals surface area contributed by atoms with Crippen molar-refractivity contribution in [1.29, 1.82) is 0 Å². The van der Waals surface area contributed by atoms with E-state index in [2.05, 4.69) is 156 Å². The summed E-state index contributed by atoms with van der Waals surface area (Å²) in [6.45, 7) is 0. The summed E-state index contributed by atoms with van der Waals surface area (Å²) < 4.78 is 2.35. The van der Waals surface area contributed by atoms with Crippen LogP contribution < -0.4 is 0 Å². The predicted molar refractivity (Wildman–Crippen MR) is 204 cm³/mol. The summed E-state index contributed by atoms with van der Waals surface area (Å²) in [6.07, 6.45) is 0. The molecule has 49 heavy (non-hydrogen) atoms. The molecule has 0 saturated carbocycles. The van der Waals surface area contributed by atoms with Crippen LogP contribution in [-0.2, 0) is 0 Å². The molecule has 0 bridgehead atoms. The van der Waals surface area contributed by atoms with Crippen LogP contribution in [0.5, 0.6) is 0 Å². The van der Waals surface area contributed by atoms with Gasteiger partial charge in [0, 0.05) is 33.2 Å². The molecular weight excluding hydrogens is 595 g/mol. The van der Waals surface area contributed by atoms with E-state index in [-0.39, 0.29) is 0 Å². The van der Waals surface area contributed by atoms with E-state index in [9.17, 15) is 0 Å². The second-order valence-corrected chi connectivity index (χ2v) is 12.3. The van der Waals surface area contributed by atoms with Gasteiger partial charge in [-0.2, -0.15) is 0 Å². The number of hydrogen-bond acceptors (Lipinski definition) is 2. The molecule has 0 aliphatic heterocycles. The van der Waals surface area contributed by atoms with Crippen molar-refractivity contribution in [3.05, 3.63) is 188 Å². The molecule has 3 heteroatoms. The molecule has 230 valence electrons. The lowest BCUT2D eigenvalue weighted by molar-refractivity contribution is 1.18. The predicted octanol–water partition coefficient (Wildman–Crippen LogP) is 11.9. The Morgan fingerprint density at radius 2 is 0.673 bits per heavy atom. The minimum absolute atomic E-state index is 0.714. The number of hydrogen-bond donors (Lipinski definition) is 0. The van der Waals surface area contributed by atoms with Gasteiger partial charge in [-0.15, -0.1) is 0 Å². The number of fused-ring (bicyclic) bond motifs is 3. The van der Waals surface area contributed by atoms with Crippen LogP contribution >= 0.6 is 0 Å². The maximum Gasteiger partial charge on any atom is 0.160 e. The summed E-state index contributed by atoms with van der Waals surface area (Å²) in [5.74, 6) is 0.714. The molecule has 0 amide bonds. The Morgan fingerprint density at radius 1 is 0.306 bits per heavy atom. The molecule has 0 aliphatic rings. The number of nitrogens with zero attached hydrogens (tertiary/aromatic N) is 3. The van der Waals surface area contributed by atoms with Crippen molar-refractivity contribution in [2.75, 3.05) is 0 Å². The lowest BCUT2D eigenvalue weighted by Crippen LogP contribution is -1.95. The molecule has 0 radical (unpaired) electrons. The fourth-order valence-electron chi connectivity index (χ4n) is 6.76. The second-order valence-electron chi connectivity index (χ2n) is 12.3. The summed E-state index contributed by atoms with van der Waals surface area (Å²) in [5.41, 5.74) is 13.2. The zero-order valence-corrected chi connectivity index (χ0v) is 26.7. The quantitative estimate of drug-likeness (QED) is 0.184. The molecule has 9 rings (SSSR count). The Labute approximate surface area is 285 Å². The van der Waals surface area contributed by atoms with E-state index in [0.29, 0.717) is 5.82 Å². The van der Waals surface area contributed by atoms with Gasteiger partial charge in [0.2, 0.25) is 0 Å². The lowest BCUT2D eigenvalue weighted by Gasteiger charge is -2.11. The van der Waals surface area contributed by atoms with Crippen molar-refractivity contribution in [3.63, 3.8) is 0 Å². The number of benzene rings is 7. The van der Waals surface area contributed by atoms with Crippen LogP contribution in [-0.4, -0.2) is 14.5 Å². The van der Waals surface area contributed by atoms with Crippen molar-refractivity contribution in [2.24, 2.45) is 0 Å². The van der Waals surface area contributed by atoms with E-state index >= 15 is 0 Å². The summed E-state index contributed by atoms with van der Waals surface area (Å²) in [4.78, 5) is 9.97. The first-order valence-corrected chi connectivity index (χ1v) is 16.6. The van der Waals surface area contributed by atoms with Crippen LogP contribution in [0.4, 0.5) is 0 Å². The van der Waals surface area contributed by atoms with Crippen LogP contribution in [0.25, 0.3) is 83.6 Å². The van der Waals surface area contributed by atoms with Crippen LogP contribution in [0.1, 0.15) is 0 Å². The highest BCUT2D eigenvalue weighted by Gasteiger charge is 2.13. The van der Waals surface area contributed by atoms with Gasteiger partial charge in [0.05, 0.1) is 22.4 Å². The Hall–Kier alpha value is -6.58. The van der Waals surface area contributed by atoms with Crippen LogP contribution in [0.2, 0.25) is 0 Å². The number of rotatable bonds is 6. The maximum absolute atomic E-state index is 4.99. The van der Waals surface area contributed by atoms with Gasteiger partial charge in [-0.3, -0.25) is 0 Å². The van der Waals surface area contributed by atoms with Gasteiger partial charge in [0.1, 0.15) is 0 Å². The van der Waals surface area contributed by atoms with E-state index in [1.807, 2.05) is 36.4 Å². The van der Waals surface area contributed by atoms with E-state index < -0.39 is 0 Å². The average Bonchev–Trinajstić information content (AvgIpc) is 3.53. The third-order valence-electron chi connectivity index (χ3n) is 9.27. The fourth-order valence-corrected chi connectivity index (χ4v) is 6.76. The normalized spacial score (nSPS) is 11.3. The molecule has 7 aromatic carbocycles. The Morgan fingerprint density at radius 3 is 1.12 bits per heavy atom. The van der Waals surface area contributed by atoms with Crippen LogP contribution in [0.3, 0.4) is 0 Å². The van der Waals surface area contributed by atoms with Gasteiger partial charge in [-0.05, 0) is 52.6 Å². The number of para-hydroxylation sites is 2. The van der Waals surface area contributed by atoms with Crippen LogP contribution in [0, 0.1) is 0 Å². The summed E-state index contributed by atoms with van der Waals surface area (Å²) in [7, 11) is 0. The molecule has 9 aromatic rings. The van der Waals surface area contributed by atoms with Crippen molar-refractivity contribution in [2.45, 2.75) is 0 Å². The van der Waals surface area contributed by atoms with Gasteiger partial charge in [0.15, 0.2) is 5.82 Å². The monoisotopic (exact) mass is 625 g/mol. The highest BCUT2D eigenvalue weighted by Crippen LogP contribution is 2.34. The first kappa shape index (κ1) is 28.6. The third kappa shape index (κ3) is 5.38. The topological polar surface area (TPSA) is 30.7 Å². The van der Waals surface area contributed by atoms with Crippen molar-refractivity contribution < 1.29 is 0 Å². The molecule has 0 atom stereocenters. The van der Waals surface area contributed by atoms with E-state index in [0.717, 1.165) is 39.3 Å². The lowest BCUT2D eigenvalue weighted by atomic mass is 9.99. The van der Waals surface area contributed by atoms with E-state index in [1.54, 1.807) is 0 Å². The number of aromatic nitrogens is 3. The minimum atomic E-state index is 0.714. The standard InChI is InChI=1S/C46H31N3/c1-3-11-36(12-4-1)42-31-43(37-13-5-2-6-14-37)48-46(47-42)38-25-23-34(24-26-38)32-19-21-33(22-20-32)35-27-29-39(30-28-35)49-44-17-9-7-15-40(44)41-16-8-10-18-45(41)49/h1-31H. The SMILES string of the molecule is c1ccc(-c2cc(-c3ccccc3)nc(-c3ccc(-c4ccc(-c5ccc(-n6c7ccccc7c7ccccc76)cc5)cc4)cc3)n2)cc1. The maximum atomic E-state index is 4.99. The van der Waals surface area contributed by atoms with Crippen molar-refractivity contribution >= 4 is 21.8 Å². The first-order valence-electron chi connectivity index (χ1n) is 16.6. The van der Waals surface area contributed by atoms with Gasteiger partial charge >= 0.3 is 0 Å². The Bertz CT molecular complexity index is 2440. The molecule has 0 spiro atoms.